The van der Waals surface area contributed by atoms with Crippen molar-refractivity contribution in [1.82, 2.24) is 0 Å². The standard InChI is InChI=1S/C13H9ClO/c14-13-9-10(5-4-8-15)11-6-2-1-3-7-12(11)13/h1-3,6-7,9,15H,8H2. The van der Waals surface area contributed by atoms with Gasteiger partial charge in [-0.2, -0.15) is 0 Å². The first kappa shape index (κ1) is 10.0. The van der Waals surface area contributed by atoms with E-state index in [2.05, 4.69) is 11.8 Å². The molecule has 15 heavy (non-hydrogen) atoms. The molecule has 74 valence electrons. The van der Waals surface area contributed by atoms with Gasteiger partial charge in [0.25, 0.3) is 0 Å². The monoisotopic (exact) mass is 216 g/mol. The number of hydrogen-bond donors (Lipinski definition) is 1. The van der Waals surface area contributed by atoms with Crippen molar-refractivity contribution < 1.29 is 5.11 Å². The van der Waals surface area contributed by atoms with E-state index < -0.39 is 0 Å². The molecule has 1 N–H and O–H groups in total. The van der Waals surface area contributed by atoms with Gasteiger partial charge in [0, 0.05) is 16.1 Å². The molecule has 0 saturated carbocycles. The third kappa shape index (κ3) is 1.97. The van der Waals surface area contributed by atoms with Gasteiger partial charge in [-0.05, 0) is 11.6 Å². The lowest BCUT2D eigenvalue weighted by molar-refractivity contribution is 0.350. The Bertz CT molecular complexity index is 508. The summed E-state index contributed by atoms with van der Waals surface area (Å²) in [7, 11) is 0. The molecule has 2 aliphatic carbocycles. The molecule has 0 bridgehead atoms. The molecule has 0 saturated heterocycles. The van der Waals surface area contributed by atoms with Crippen LogP contribution in [0.5, 0.6) is 0 Å². The molecule has 0 amide bonds. The molecular weight excluding hydrogens is 208 g/mol. The van der Waals surface area contributed by atoms with Crippen molar-refractivity contribution in [2.75, 3.05) is 6.61 Å². The molecule has 0 aromatic heterocycles. The Morgan fingerprint density at radius 1 is 1.13 bits per heavy atom. The molecule has 2 aliphatic rings. The summed E-state index contributed by atoms with van der Waals surface area (Å²) in [5, 5.41) is 9.35. The van der Waals surface area contributed by atoms with Crippen molar-refractivity contribution in [3.8, 4) is 23.0 Å². The zero-order valence-corrected chi connectivity index (χ0v) is 8.75. The van der Waals surface area contributed by atoms with Crippen LogP contribution in [-0.2, 0) is 0 Å². The minimum Gasteiger partial charge on any atom is -0.384 e. The van der Waals surface area contributed by atoms with Gasteiger partial charge in [0.1, 0.15) is 6.61 Å². The lowest BCUT2D eigenvalue weighted by Crippen LogP contribution is -1.75. The first-order chi connectivity index (χ1) is 7.33. The fraction of sp³-hybridized carbons (Fsp3) is 0.0769. The van der Waals surface area contributed by atoms with E-state index in [0.717, 1.165) is 16.7 Å². The van der Waals surface area contributed by atoms with Crippen LogP contribution in [0.4, 0.5) is 0 Å². The van der Waals surface area contributed by atoms with Crippen LogP contribution in [-0.4, -0.2) is 11.7 Å². The number of hydrogen-bond acceptors (Lipinski definition) is 1. The highest BCUT2D eigenvalue weighted by Crippen LogP contribution is 2.34. The molecule has 0 radical (unpaired) electrons. The molecule has 0 aliphatic heterocycles. The highest BCUT2D eigenvalue weighted by Gasteiger charge is 2.10. The van der Waals surface area contributed by atoms with Gasteiger partial charge in [-0.25, -0.2) is 0 Å². The Balaban J connectivity index is 2.61. The van der Waals surface area contributed by atoms with E-state index in [0.29, 0.717) is 5.02 Å². The first-order valence-electron chi connectivity index (χ1n) is 4.60. The predicted octanol–water partition coefficient (Wildman–Crippen LogP) is 2.79. The van der Waals surface area contributed by atoms with Gasteiger partial charge < -0.3 is 5.11 Å². The average Bonchev–Trinajstić information content (AvgIpc) is 2.45. The maximum Gasteiger partial charge on any atom is 0.104 e. The van der Waals surface area contributed by atoms with Crippen LogP contribution in [0, 0.1) is 11.8 Å². The van der Waals surface area contributed by atoms with Crippen molar-refractivity contribution in [3.63, 3.8) is 0 Å². The molecule has 0 spiro atoms. The van der Waals surface area contributed by atoms with E-state index in [9.17, 15) is 0 Å². The Morgan fingerprint density at radius 2 is 1.87 bits per heavy atom. The summed E-state index contributed by atoms with van der Waals surface area (Å²) in [6.07, 6.45) is 0. The first-order valence-corrected chi connectivity index (χ1v) is 4.97. The Morgan fingerprint density at radius 3 is 2.60 bits per heavy atom. The van der Waals surface area contributed by atoms with Crippen molar-refractivity contribution >= 4 is 11.6 Å². The summed E-state index contributed by atoms with van der Waals surface area (Å²) >= 11 is 6.09. The Labute approximate surface area is 93.7 Å². The van der Waals surface area contributed by atoms with E-state index in [4.69, 9.17) is 16.7 Å². The number of halogens is 1. The maximum absolute atomic E-state index is 8.65. The fourth-order valence-corrected chi connectivity index (χ4v) is 1.78. The second kappa shape index (κ2) is 4.35. The number of aliphatic hydroxyl groups excluding tert-OH is 1. The van der Waals surface area contributed by atoms with Crippen molar-refractivity contribution in [2.24, 2.45) is 0 Å². The molecular formula is C13H9ClO. The van der Waals surface area contributed by atoms with E-state index in [1.165, 1.54) is 0 Å². The summed E-state index contributed by atoms with van der Waals surface area (Å²) in [5.41, 5.74) is 2.87. The van der Waals surface area contributed by atoms with Crippen LogP contribution in [0.15, 0.2) is 36.4 Å². The summed E-state index contributed by atoms with van der Waals surface area (Å²) in [6.45, 7) is -0.136. The average molecular weight is 217 g/mol. The fourth-order valence-electron chi connectivity index (χ4n) is 1.51. The Kier molecular flexibility index (Phi) is 2.91. The smallest absolute Gasteiger partial charge is 0.104 e. The topological polar surface area (TPSA) is 20.2 Å². The van der Waals surface area contributed by atoms with Crippen molar-refractivity contribution in [2.45, 2.75) is 0 Å². The Hall–Kier alpha value is -1.49. The van der Waals surface area contributed by atoms with Crippen LogP contribution in [0.1, 0.15) is 5.56 Å². The molecule has 0 unspecified atom stereocenters. The number of rotatable bonds is 0. The lowest BCUT2D eigenvalue weighted by Gasteiger charge is -1.93. The number of fused-ring (bicyclic) bond motifs is 1. The summed E-state index contributed by atoms with van der Waals surface area (Å²) in [6, 6.07) is 11.6. The molecule has 0 heterocycles. The second-order valence-electron chi connectivity index (χ2n) is 3.10. The summed E-state index contributed by atoms with van der Waals surface area (Å²) < 4.78 is 0. The van der Waals surface area contributed by atoms with Crippen LogP contribution in [0.3, 0.4) is 0 Å². The zero-order chi connectivity index (χ0) is 10.7. The molecule has 0 fully saturated rings. The van der Waals surface area contributed by atoms with Gasteiger partial charge in [-0.3, -0.25) is 0 Å². The quantitative estimate of drug-likeness (QED) is 0.672. The number of aliphatic hydroxyl groups is 1. The molecule has 2 rings (SSSR count). The molecule has 1 nitrogen and oxygen atoms in total. The third-order valence-electron chi connectivity index (χ3n) is 2.16. The van der Waals surface area contributed by atoms with Crippen LogP contribution in [0.25, 0.3) is 11.1 Å². The third-order valence-corrected chi connectivity index (χ3v) is 2.47. The van der Waals surface area contributed by atoms with Crippen molar-refractivity contribution in [3.05, 3.63) is 47.0 Å². The zero-order valence-electron chi connectivity index (χ0n) is 8.00. The second-order valence-corrected chi connectivity index (χ2v) is 3.51. The SMILES string of the molecule is OCC#Cc1cc(Cl)c2cccccc1-2. The minimum absolute atomic E-state index is 0.136. The van der Waals surface area contributed by atoms with Gasteiger partial charge in [-0.1, -0.05) is 53.8 Å². The van der Waals surface area contributed by atoms with Gasteiger partial charge in [0.05, 0.1) is 0 Å². The minimum atomic E-state index is -0.136. The highest BCUT2D eigenvalue weighted by molar-refractivity contribution is 6.34. The normalized spacial score (nSPS) is 9.73. The van der Waals surface area contributed by atoms with Crippen LogP contribution >= 0.6 is 11.6 Å². The van der Waals surface area contributed by atoms with E-state index in [-0.39, 0.29) is 6.61 Å². The van der Waals surface area contributed by atoms with Crippen molar-refractivity contribution in [1.29, 1.82) is 0 Å². The molecule has 0 atom stereocenters. The van der Waals surface area contributed by atoms with Gasteiger partial charge in [-0.15, -0.1) is 0 Å². The van der Waals surface area contributed by atoms with E-state index >= 15 is 0 Å². The lowest BCUT2D eigenvalue weighted by atomic mass is 10.1. The largest absolute Gasteiger partial charge is 0.384 e. The maximum atomic E-state index is 8.65. The van der Waals surface area contributed by atoms with E-state index in [1.54, 1.807) is 0 Å². The predicted molar refractivity (Wildman–Crippen MR) is 62.0 cm³/mol. The summed E-state index contributed by atoms with van der Waals surface area (Å²) in [5.74, 6) is 5.51. The van der Waals surface area contributed by atoms with Gasteiger partial charge >= 0.3 is 0 Å². The molecule has 0 aromatic carbocycles. The van der Waals surface area contributed by atoms with E-state index in [1.807, 2.05) is 36.4 Å². The molecule has 2 heteroatoms. The van der Waals surface area contributed by atoms with Crippen LogP contribution in [0.2, 0.25) is 5.02 Å². The molecule has 0 aromatic rings. The van der Waals surface area contributed by atoms with Gasteiger partial charge in [0.2, 0.25) is 0 Å². The summed E-state index contributed by atoms with van der Waals surface area (Å²) in [4.78, 5) is 0. The highest BCUT2D eigenvalue weighted by atomic mass is 35.5. The van der Waals surface area contributed by atoms with Crippen LogP contribution < -0.4 is 0 Å². The van der Waals surface area contributed by atoms with Gasteiger partial charge in [0.15, 0.2) is 0 Å².